The van der Waals surface area contributed by atoms with Crippen LogP contribution in [0.2, 0.25) is 0 Å². The molecule has 0 fully saturated rings. The number of carbonyl (C=O) groups is 1. The molecular formula is C15H19N3O4S. The van der Waals surface area contributed by atoms with E-state index < -0.39 is 16.0 Å². The van der Waals surface area contributed by atoms with E-state index >= 15 is 0 Å². The van der Waals surface area contributed by atoms with E-state index in [0.29, 0.717) is 17.1 Å². The van der Waals surface area contributed by atoms with Crippen LogP contribution >= 0.6 is 0 Å². The van der Waals surface area contributed by atoms with Gasteiger partial charge in [-0.05, 0) is 32.9 Å². The molecule has 0 saturated carbocycles. The third-order valence-electron chi connectivity index (χ3n) is 3.59. The van der Waals surface area contributed by atoms with Gasteiger partial charge in [0.15, 0.2) is 0 Å². The van der Waals surface area contributed by atoms with Crippen LogP contribution in [0, 0.1) is 13.8 Å². The number of nitrogens with zero attached hydrogens (tertiary/aromatic N) is 2. The van der Waals surface area contributed by atoms with Crippen LogP contribution in [0.25, 0.3) is 0 Å². The molecule has 0 aromatic carbocycles. The maximum atomic E-state index is 12.8. The zero-order chi connectivity index (χ0) is 17.2. The predicted octanol–water partition coefficient (Wildman–Crippen LogP) is 2.01. The first kappa shape index (κ1) is 17.0. The summed E-state index contributed by atoms with van der Waals surface area (Å²) in [5.41, 5.74) is 1.38. The van der Waals surface area contributed by atoms with Crippen molar-refractivity contribution in [1.29, 1.82) is 0 Å². The molecule has 0 aliphatic rings. The van der Waals surface area contributed by atoms with Crippen molar-refractivity contribution in [3.63, 3.8) is 0 Å². The van der Waals surface area contributed by atoms with Crippen molar-refractivity contribution in [2.75, 3.05) is 11.3 Å². The van der Waals surface area contributed by atoms with Gasteiger partial charge in [-0.3, -0.25) is 9.71 Å². The largest absolute Gasteiger partial charge is 0.462 e. The van der Waals surface area contributed by atoms with Crippen molar-refractivity contribution in [3.8, 4) is 0 Å². The molecule has 23 heavy (non-hydrogen) atoms. The fourth-order valence-corrected chi connectivity index (χ4v) is 3.88. The Balaban J connectivity index is 2.57. The van der Waals surface area contributed by atoms with Gasteiger partial charge in [0.1, 0.15) is 10.5 Å². The molecule has 0 aliphatic carbocycles. The zero-order valence-electron chi connectivity index (χ0n) is 13.5. The number of rotatable bonds is 5. The summed E-state index contributed by atoms with van der Waals surface area (Å²) in [6, 6.07) is 3.20. The summed E-state index contributed by atoms with van der Waals surface area (Å²) < 4.78 is 34.6. The normalized spacial score (nSPS) is 11.3. The molecule has 2 heterocycles. The maximum absolute atomic E-state index is 12.8. The smallest absolute Gasteiger partial charge is 0.341 e. The van der Waals surface area contributed by atoms with E-state index in [-0.39, 0.29) is 17.1 Å². The van der Waals surface area contributed by atoms with Crippen LogP contribution in [0.5, 0.6) is 0 Å². The van der Waals surface area contributed by atoms with Crippen molar-refractivity contribution in [3.05, 3.63) is 41.5 Å². The molecule has 0 radical (unpaired) electrons. The highest BCUT2D eigenvalue weighted by Crippen LogP contribution is 2.28. The first-order valence-electron chi connectivity index (χ1n) is 7.05. The zero-order valence-corrected chi connectivity index (χ0v) is 14.3. The number of sulfonamides is 1. The minimum Gasteiger partial charge on any atom is -0.462 e. The van der Waals surface area contributed by atoms with Gasteiger partial charge in [0.05, 0.1) is 18.5 Å². The van der Waals surface area contributed by atoms with Crippen LogP contribution in [0.1, 0.15) is 28.7 Å². The Hall–Kier alpha value is -2.35. The summed E-state index contributed by atoms with van der Waals surface area (Å²) in [4.78, 5) is 16.0. The van der Waals surface area contributed by atoms with E-state index in [9.17, 15) is 13.2 Å². The molecule has 7 nitrogen and oxygen atoms in total. The van der Waals surface area contributed by atoms with E-state index in [1.165, 1.54) is 6.20 Å². The number of pyridine rings is 1. The lowest BCUT2D eigenvalue weighted by Crippen LogP contribution is -2.18. The SMILES string of the molecule is CCOC(=O)c1c(S(=O)(=O)Nc2cccnc2)c(C)n(C)c1C. The maximum Gasteiger partial charge on any atom is 0.341 e. The molecule has 0 aliphatic heterocycles. The highest BCUT2D eigenvalue weighted by Gasteiger charge is 2.31. The number of nitrogens with one attached hydrogen (secondary N) is 1. The third-order valence-corrected chi connectivity index (χ3v) is 5.13. The van der Waals surface area contributed by atoms with Gasteiger partial charge in [0, 0.05) is 24.6 Å². The second-order valence-electron chi connectivity index (χ2n) is 5.00. The standard InChI is InChI=1S/C15H19N3O4S/c1-5-22-15(19)13-10(2)18(4)11(3)14(13)23(20,21)17-12-7-6-8-16-9-12/h6-9,17H,5H2,1-4H3. The van der Waals surface area contributed by atoms with E-state index in [2.05, 4.69) is 9.71 Å². The molecule has 0 unspecified atom stereocenters. The summed E-state index contributed by atoms with van der Waals surface area (Å²) in [6.45, 7) is 5.17. The van der Waals surface area contributed by atoms with Crippen molar-refractivity contribution in [2.45, 2.75) is 25.7 Å². The molecule has 0 spiro atoms. The van der Waals surface area contributed by atoms with E-state index in [0.717, 1.165) is 0 Å². The van der Waals surface area contributed by atoms with Gasteiger partial charge in [-0.15, -0.1) is 0 Å². The number of carbonyl (C=O) groups excluding carboxylic acids is 1. The first-order valence-corrected chi connectivity index (χ1v) is 8.53. The second-order valence-corrected chi connectivity index (χ2v) is 6.62. The molecule has 0 amide bonds. The summed E-state index contributed by atoms with van der Waals surface area (Å²) in [5.74, 6) is -0.653. The first-order chi connectivity index (χ1) is 10.8. The van der Waals surface area contributed by atoms with Gasteiger partial charge in [-0.25, -0.2) is 13.2 Å². The molecule has 124 valence electrons. The Kier molecular flexibility index (Phi) is 4.74. The van der Waals surface area contributed by atoms with Gasteiger partial charge in [0.25, 0.3) is 10.0 Å². The highest BCUT2D eigenvalue weighted by molar-refractivity contribution is 7.92. The Morgan fingerprint density at radius 3 is 2.61 bits per heavy atom. The van der Waals surface area contributed by atoms with Gasteiger partial charge < -0.3 is 9.30 Å². The van der Waals surface area contributed by atoms with Crippen LogP contribution in [-0.2, 0) is 21.8 Å². The Morgan fingerprint density at radius 2 is 2.04 bits per heavy atom. The molecule has 0 saturated heterocycles. The third kappa shape index (κ3) is 3.21. The average Bonchev–Trinajstić information content (AvgIpc) is 2.73. The van der Waals surface area contributed by atoms with Crippen molar-refractivity contribution >= 4 is 21.7 Å². The lowest BCUT2D eigenvalue weighted by atomic mass is 10.2. The molecule has 2 aromatic rings. The molecule has 2 rings (SSSR count). The highest BCUT2D eigenvalue weighted by atomic mass is 32.2. The summed E-state index contributed by atoms with van der Waals surface area (Å²) >= 11 is 0. The topological polar surface area (TPSA) is 90.3 Å². The average molecular weight is 337 g/mol. The number of anilines is 1. The van der Waals surface area contributed by atoms with Crippen molar-refractivity contribution in [2.24, 2.45) is 7.05 Å². The Bertz CT molecular complexity index is 826. The van der Waals surface area contributed by atoms with Gasteiger partial charge in [-0.2, -0.15) is 0 Å². The van der Waals surface area contributed by atoms with Crippen molar-refractivity contribution in [1.82, 2.24) is 9.55 Å². The molecular weight excluding hydrogens is 318 g/mol. The number of esters is 1. The fourth-order valence-electron chi connectivity index (χ4n) is 2.32. The lowest BCUT2D eigenvalue weighted by Gasteiger charge is -2.10. The molecule has 2 aromatic heterocycles. The van der Waals surface area contributed by atoms with Crippen LogP contribution < -0.4 is 4.72 Å². The molecule has 0 atom stereocenters. The van der Waals surface area contributed by atoms with Crippen LogP contribution in [0.4, 0.5) is 5.69 Å². The monoisotopic (exact) mass is 337 g/mol. The van der Waals surface area contributed by atoms with Crippen LogP contribution in [0.3, 0.4) is 0 Å². The minimum absolute atomic E-state index is 0.0586. The van der Waals surface area contributed by atoms with E-state index in [1.807, 2.05) is 0 Å². The van der Waals surface area contributed by atoms with E-state index in [4.69, 9.17) is 4.74 Å². The molecule has 1 N–H and O–H groups in total. The van der Waals surface area contributed by atoms with Gasteiger partial charge in [0.2, 0.25) is 0 Å². The van der Waals surface area contributed by atoms with E-state index in [1.54, 1.807) is 50.7 Å². The predicted molar refractivity (Wildman–Crippen MR) is 85.9 cm³/mol. The summed E-state index contributed by atoms with van der Waals surface area (Å²) in [6.07, 6.45) is 2.94. The quantitative estimate of drug-likeness (QED) is 0.843. The fraction of sp³-hybridized carbons (Fsp3) is 0.333. The summed E-state index contributed by atoms with van der Waals surface area (Å²) in [7, 11) is -2.25. The number of hydrogen-bond donors (Lipinski definition) is 1. The summed E-state index contributed by atoms with van der Waals surface area (Å²) in [5, 5.41) is 0. The molecule has 0 bridgehead atoms. The van der Waals surface area contributed by atoms with Crippen LogP contribution in [-0.4, -0.2) is 30.5 Å². The minimum atomic E-state index is -3.95. The second kappa shape index (κ2) is 6.41. The Labute approximate surface area is 135 Å². The lowest BCUT2D eigenvalue weighted by molar-refractivity contribution is 0.0521. The Morgan fingerprint density at radius 1 is 1.35 bits per heavy atom. The van der Waals surface area contributed by atoms with Crippen molar-refractivity contribution < 1.29 is 17.9 Å². The molecule has 8 heteroatoms. The number of hydrogen-bond acceptors (Lipinski definition) is 5. The van der Waals surface area contributed by atoms with Crippen LogP contribution in [0.15, 0.2) is 29.4 Å². The number of aromatic nitrogens is 2. The van der Waals surface area contributed by atoms with Gasteiger partial charge in [-0.1, -0.05) is 0 Å². The van der Waals surface area contributed by atoms with Gasteiger partial charge >= 0.3 is 5.97 Å². The number of ether oxygens (including phenoxy) is 1.